The lowest BCUT2D eigenvalue weighted by Gasteiger charge is -2.12. The first-order valence-corrected chi connectivity index (χ1v) is 8.43. The van der Waals surface area contributed by atoms with Crippen LogP contribution in [0.5, 0.6) is 0 Å². The molecule has 0 aliphatic carbocycles. The van der Waals surface area contributed by atoms with E-state index in [0.717, 1.165) is 16.3 Å². The highest BCUT2D eigenvalue weighted by Gasteiger charge is 2.13. The maximum Gasteiger partial charge on any atom is 0.253 e. The van der Waals surface area contributed by atoms with E-state index in [4.69, 9.17) is 0 Å². The Balaban J connectivity index is 1.78. The fourth-order valence-corrected chi connectivity index (χ4v) is 2.86. The smallest absolute Gasteiger partial charge is 0.253 e. The Morgan fingerprint density at radius 1 is 0.923 bits per heavy atom. The standard InChI is InChI=1S/C22H20N2O2/c1-2-14-23-22(26)19-12-5-6-13-20(19)24-21(25)15-17-10-7-9-16-8-3-4-11-18(16)17/h2-13H,1,14-15H2,(H,23,26)(H,24,25). The van der Waals surface area contributed by atoms with Gasteiger partial charge in [-0.25, -0.2) is 0 Å². The molecule has 4 heteroatoms. The van der Waals surface area contributed by atoms with Crippen molar-refractivity contribution in [2.24, 2.45) is 0 Å². The number of nitrogens with one attached hydrogen (secondary N) is 2. The minimum atomic E-state index is -0.244. The zero-order chi connectivity index (χ0) is 18.4. The van der Waals surface area contributed by atoms with Crippen LogP contribution in [0.1, 0.15) is 15.9 Å². The summed E-state index contributed by atoms with van der Waals surface area (Å²) in [6.45, 7) is 3.96. The number of amides is 2. The summed E-state index contributed by atoms with van der Waals surface area (Å²) in [4.78, 5) is 24.8. The number of carbonyl (C=O) groups is 2. The first-order chi connectivity index (χ1) is 12.7. The van der Waals surface area contributed by atoms with E-state index in [9.17, 15) is 9.59 Å². The SMILES string of the molecule is C=CCNC(=O)c1ccccc1NC(=O)Cc1cccc2ccccc12. The Morgan fingerprint density at radius 3 is 2.50 bits per heavy atom. The molecule has 3 aromatic rings. The molecule has 0 aliphatic heterocycles. The van der Waals surface area contributed by atoms with Gasteiger partial charge in [-0.3, -0.25) is 9.59 Å². The summed E-state index contributed by atoms with van der Waals surface area (Å²) in [7, 11) is 0. The van der Waals surface area contributed by atoms with Gasteiger partial charge in [0.15, 0.2) is 0 Å². The molecule has 0 unspecified atom stereocenters. The molecule has 0 fully saturated rings. The summed E-state index contributed by atoms with van der Waals surface area (Å²) < 4.78 is 0. The first-order valence-electron chi connectivity index (χ1n) is 8.43. The van der Waals surface area contributed by atoms with Crippen LogP contribution in [0, 0.1) is 0 Å². The lowest BCUT2D eigenvalue weighted by Crippen LogP contribution is -2.25. The maximum absolute atomic E-state index is 12.6. The van der Waals surface area contributed by atoms with Crippen molar-refractivity contribution in [3.63, 3.8) is 0 Å². The summed E-state index contributed by atoms with van der Waals surface area (Å²) in [5.74, 6) is -0.406. The van der Waals surface area contributed by atoms with Gasteiger partial charge in [-0.05, 0) is 28.5 Å². The topological polar surface area (TPSA) is 58.2 Å². The van der Waals surface area contributed by atoms with Crippen LogP contribution in [-0.2, 0) is 11.2 Å². The fraction of sp³-hybridized carbons (Fsp3) is 0.0909. The summed E-state index contributed by atoms with van der Waals surface area (Å²) in [6, 6.07) is 20.9. The van der Waals surface area contributed by atoms with Crippen LogP contribution in [-0.4, -0.2) is 18.4 Å². The minimum absolute atomic E-state index is 0.162. The molecule has 0 bridgehead atoms. The second-order valence-corrected chi connectivity index (χ2v) is 5.91. The Morgan fingerprint density at radius 2 is 1.65 bits per heavy atom. The summed E-state index contributed by atoms with van der Waals surface area (Å²) >= 11 is 0. The summed E-state index contributed by atoms with van der Waals surface area (Å²) in [6.07, 6.45) is 1.85. The zero-order valence-electron chi connectivity index (χ0n) is 14.4. The second kappa shape index (κ2) is 8.12. The van der Waals surface area contributed by atoms with Crippen molar-refractivity contribution < 1.29 is 9.59 Å². The third kappa shape index (κ3) is 3.98. The van der Waals surface area contributed by atoms with E-state index < -0.39 is 0 Å². The molecule has 3 aromatic carbocycles. The first kappa shape index (κ1) is 17.4. The van der Waals surface area contributed by atoms with Crippen molar-refractivity contribution >= 4 is 28.3 Å². The minimum Gasteiger partial charge on any atom is -0.349 e. The molecule has 0 heterocycles. The van der Waals surface area contributed by atoms with Gasteiger partial charge >= 0.3 is 0 Å². The van der Waals surface area contributed by atoms with Gasteiger partial charge in [-0.1, -0.05) is 60.7 Å². The largest absolute Gasteiger partial charge is 0.349 e. The van der Waals surface area contributed by atoms with E-state index in [1.54, 1.807) is 30.3 Å². The molecule has 2 N–H and O–H groups in total. The summed E-state index contributed by atoms with van der Waals surface area (Å²) in [5.41, 5.74) is 1.88. The van der Waals surface area contributed by atoms with Crippen LogP contribution < -0.4 is 10.6 Å². The van der Waals surface area contributed by atoms with Crippen LogP contribution in [0.2, 0.25) is 0 Å². The predicted octanol–water partition coefficient (Wildman–Crippen LogP) is 3.94. The highest BCUT2D eigenvalue weighted by atomic mass is 16.2. The molecule has 0 aromatic heterocycles. The van der Waals surface area contributed by atoms with E-state index in [0.29, 0.717) is 17.8 Å². The highest BCUT2D eigenvalue weighted by Crippen LogP contribution is 2.20. The van der Waals surface area contributed by atoms with Gasteiger partial charge in [-0.15, -0.1) is 6.58 Å². The second-order valence-electron chi connectivity index (χ2n) is 5.91. The van der Waals surface area contributed by atoms with Gasteiger partial charge in [0.2, 0.25) is 5.91 Å². The number of benzene rings is 3. The van der Waals surface area contributed by atoms with Crippen LogP contribution in [0.15, 0.2) is 79.4 Å². The normalized spacial score (nSPS) is 10.3. The average Bonchev–Trinajstić information content (AvgIpc) is 2.67. The van der Waals surface area contributed by atoms with Gasteiger partial charge in [0.25, 0.3) is 5.91 Å². The number of hydrogen-bond donors (Lipinski definition) is 2. The molecule has 0 saturated heterocycles. The predicted molar refractivity (Wildman–Crippen MR) is 105 cm³/mol. The van der Waals surface area contributed by atoms with E-state index in [1.807, 2.05) is 42.5 Å². The molecule has 3 rings (SSSR count). The Kier molecular flexibility index (Phi) is 5.44. The number of anilines is 1. The third-order valence-electron chi connectivity index (χ3n) is 4.08. The fourth-order valence-electron chi connectivity index (χ4n) is 2.86. The molecule has 4 nitrogen and oxygen atoms in total. The number of fused-ring (bicyclic) bond motifs is 1. The summed E-state index contributed by atoms with van der Waals surface area (Å²) in [5, 5.41) is 7.74. The Labute approximate surface area is 152 Å². The monoisotopic (exact) mass is 344 g/mol. The van der Waals surface area contributed by atoms with Crippen molar-refractivity contribution in [3.8, 4) is 0 Å². The number of para-hydroxylation sites is 1. The number of hydrogen-bond acceptors (Lipinski definition) is 2. The van der Waals surface area contributed by atoms with Crippen molar-refractivity contribution in [2.75, 3.05) is 11.9 Å². The lowest BCUT2D eigenvalue weighted by atomic mass is 10.0. The Hall–Kier alpha value is -3.40. The van der Waals surface area contributed by atoms with Crippen LogP contribution in [0.25, 0.3) is 10.8 Å². The van der Waals surface area contributed by atoms with Crippen molar-refractivity contribution in [3.05, 3.63) is 90.5 Å². The van der Waals surface area contributed by atoms with E-state index >= 15 is 0 Å². The molecular weight excluding hydrogens is 324 g/mol. The van der Waals surface area contributed by atoms with Gasteiger partial charge < -0.3 is 10.6 Å². The molecule has 0 radical (unpaired) electrons. The van der Waals surface area contributed by atoms with Crippen LogP contribution >= 0.6 is 0 Å². The molecule has 2 amide bonds. The van der Waals surface area contributed by atoms with Gasteiger partial charge in [0.05, 0.1) is 17.7 Å². The van der Waals surface area contributed by atoms with Gasteiger partial charge in [0.1, 0.15) is 0 Å². The van der Waals surface area contributed by atoms with E-state index in [2.05, 4.69) is 17.2 Å². The van der Waals surface area contributed by atoms with Crippen molar-refractivity contribution in [1.82, 2.24) is 5.32 Å². The molecule has 0 aliphatic rings. The van der Waals surface area contributed by atoms with E-state index in [-0.39, 0.29) is 18.2 Å². The number of rotatable bonds is 6. The molecule has 0 spiro atoms. The van der Waals surface area contributed by atoms with Crippen LogP contribution in [0.3, 0.4) is 0 Å². The number of carbonyl (C=O) groups excluding carboxylic acids is 2. The molecular formula is C22H20N2O2. The average molecular weight is 344 g/mol. The molecule has 0 atom stereocenters. The Bertz CT molecular complexity index is 958. The molecule has 0 saturated carbocycles. The van der Waals surface area contributed by atoms with Gasteiger partial charge in [-0.2, -0.15) is 0 Å². The van der Waals surface area contributed by atoms with Gasteiger partial charge in [0, 0.05) is 6.54 Å². The quantitative estimate of drug-likeness (QED) is 0.666. The van der Waals surface area contributed by atoms with Crippen LogP contribution in [0.4, 0.5) is 5.69 Å². The third-order valence-corrected chi connectivity index (χ3v) is 4.08. The van der Waals surface area contributed by atoms with Crippen molar-refractivity contribution in [1.29, 1.82) is 0 Å². The zero-order valence-corrected chi connectivity index (χ0v) is 14.4. The van der Waals surface area contributed by atoms with E-state index in [1.165, 1.54) is 0 Å². The maximum atomic E-state index is 12.6. The highest BCUT2D eigenvalue weighted by molar-refractivity contribution is 6.04. The molecule has 130 valence electrons. The molecule has 26 heavy (non-hydrogen) atoms. The van der Waals surface area contributed by atoms with Crippen molar-refractivity contribution in [2.45, 2.75) is 6.42 Å². The lowest BCUT2D eigenvalue weighted by molar-refractivity contribution is -0.115.